The molecule has 1 aliphatic heterocycles. The van der Waals surface area contributed by atoms with Crippen molar-refractivity contribution in [2.24, 2.45) is 5.92 Å². The van der Waals surface area contributed by atoms with Crippen LogP contribution < -0.4 is 15.2 Å². The number of methoxy groups -OCH3 is 1. The SMILES string of the molecule is COc1cc2c3c4c1C1CCC=CC1C=4CCC=3C1SC=CC21. The average molecular weight is 320 g/mol. The predicted octanol–water partition coefficient (Wildman–Crippen LogP) is 3.58. The van der Waals surface area contributed by atoms with Crippen LogP contribution in [-0.2, 0) is 0 Å². The topological polar surface area (TPSA) is 9.23 Å². The highest BCUT2D eigenvalue weighted by Crippen LogP contribution is 2.52. The Balaban J connectivity index is 1.77. The summed E-state index contributed by atoms with van der Waals surface area (Å²) in [5.74, 6) is 3.05. The largest absolute Gasteiger partial charge is 0.496 e. The van der Waals surface area contributed by atoms with Gasteiger partial charge in [0.15, 0.2) is 0 Å². The minimum atomic E-state index is 0.585. The maximum atomic E-state index is 5.91. The van der Waals surface area contributed by atoms with Crippen LogP contribution in [0.15, 0.2) is 29.7 Å². The number of benzene rings is 1. The third kappa shape index (κ3) is 1.43. The Bertz CT molecular complexity index is 920. The molecule has 1 heterocycles. The van der Waals surface area contributed by atoms with Gasteiger partial charge < -0.3 is 4.74 Å². The summed E-state index contributed by atoms with van der Waals surface area (Å²) in [5, 5.41) is 6.23. The van der Waals surface area contributed by atoms with Crippen LogP contribution in [0.25, 0.3) is 11.1 Å². The van der Waals surface area contributed by atoms with Crippen LogP contribution in [0.5, 0.6) is 5.75 Å². The molecule has 0 radical (unpaired) electrons. The van der Waals surface area contributed by atoms with E-state index in [9.17, 15) is 0 Å². The first-order valence-corrected chi connectivity index (χ1v) is 9.78. The molecule has 0 N–H and O–H groups in total. The first kappa shape index (κ1) is 12.9. The van der Waals surface area contributed by atoms with Gasteiger partial charge in [-0.05, 0) is 64.6 Å². The van der Waals surface area contributed by atoms with Gasteiger partial charge in [-0.2, -0.15) is 0 Å². The summed E-state index contributed by atoms with van der Waals surface area (Å²) in [7, 11) is 1.86. The van der Waals surface area contributed by atoms with E-state index < -0.39 is 0 Å². The van der Waals surface area contributed by atoms with Gasteiger partial charge in [0.25, 0.3) is 0 Å². The first-order chi connectivity index (χ1) is 11.4. The van der Waals surface area contributed by atoms with Crippen molar-refractivity contribution in [3.8, 4) is 5.75 Å². The summed E-state index contributed by atoms with van der Waals surface area (Å²) in [6, 6.07) is 2.39. The lowest BCUT2D eigenvalue weighted by molar-refractivity contribution is 0.399. The van der Waals surface area contributed by atoms with Gasteiger partial charge >= 0.3 is 0 Å². The number of allylic oxidation sites excluding steroid dienone is 3. The Labute approximate surface area is 140 Å². The lowest BCUT2D eigenvalue weighted by atomic mass is 9.79. The maximum absolute atomic E-state index is 5.91. The maximum Gasteiger partial charge on any atom is 0.123 e. The van der Waals surface area contributed by atoms with Crippen molar-refractivity contribution in [2.75, 3.05) is 7.11 Å². The normalized spacial score (nSPS) is 34.7. The standard InChI is InChI=1S/C21H20OS/c1-22-17-10-16-14-8-9-23-21(14)15-7-6-13-11-4-2-3-5-12(11)19(17)20(13)18(15)16/h2,4,8-12,14,21H,3,5-7H2,1H3. The van der Waals surface area contributed by atoms with Crippen molar-refractivity contribution in [1.29, 1.82) is 0 Å². The fraction of sp³-hybridized carbons (Fsp3) is 0.429. The molecule has 4 atom stereocenters. The molecule has 2 heteroatoms. The molecule has 0 bridgehead atoms. The molecule has 0 amide bonds. The molecule has 1 aromatic carbocycles. The number of rotatable bonds is 1. The molecule has 5 aliphatic rings. The zero-order chi connectivity index (χ0) is 15.1. The Morgan fingerprint density at radius 1 is 1.09 bits per heavy atom. The fourth-order valence-corrected chi connectivity index (χ4v) is 7.03. The summed E-state index contributed by atoms with van der Waals surface area (Å²) >= 11 is 2.03. The van der Waals surface area contributed by atoms with Crippen LogP contribution in [-0.4, -0.2) is 12.4 Å². The van der Waals surface area contributed by atoms with Crippen molar-refractivity contribution in [3.63, 3.8) is 0 Å². The van der Waals surface area contributed by atoms with E-state index in [-0.39, 0.29) is 0 Å². The smallest absolute Gasteiger partial charge is 0.123 e. The summed E-state index contributed by atoms with van der Waals surface area (Å²) in [4.78, 5) is 0. The molecule has 0 saturated heterocycles. The lowest BCUT2D eigenvalue weighted by Gasteiger charge is -2.26. The highest BCUT2D eigenvalue weighted by molar-refractivity contribution is 8.03. The average Bonchev–Trinajstić information content (AvgIpc) is 3.26. The number of thioether (sulfide) groups is 1. The van der Waals surface area contributed by atoms with Crippen molar-refractivity contribution in [2.45, 2.75) is 42.8 Å². The Morgan fingerprint density at radius 2 is 2.00 bits per heavy atom. The summed E-state index contributed by atoms with van der Waals surface area (Å²) in [5.41, 5.74) is 6.53. The molecule has 6 rings (SSSR count). The molecule has 1 aromatic rings. The van der Waals surface area contributed by atoms with Crippen LogP contribution >= 0.6 is 11.8 Å². The number of fused-ring (bicyclic) bond motifs is 6. The minimum absolute atomic E-state index is 0.585. The van der Waals surface area contributed by atoms with Gasteiger partial charge in [0.05, 0.1) is 7.11 Å². The third-order valence-electron chi connectivity index (χ3n) is 6.62. The molecular formula is C21H20OS. The second-order valence-electron chi connectivity index (χ2n) is 7.43. The second-order valence-corrected chi connectivity index (χ2v) is 8.48. The molecular weight excluding hydrogens is 300 g/mol. The van der Waals surface area contributed by atoms with E-state index in [1.54, 1.807) is 32.7 Å². The minimum Gasteiger partial charge on any atom is -0.496 e. The third-order valence-corrected chi connectivity index (χ3v) is 7.81. The molecule has 0 fully saturated rings. The molecule has 116 valence electrons. The van der Waals surface area contributed by atoms with Gasteiger partial charge in [0.1, 0.15) is 5.75 Å². The fourth-order valence-electron chi connectivity index (χ4n) is 5.79. The van der Waals surface area contributed by atoms with E-state index in [0.717, 1.165) is 5.75 Å². The Kier molecular flexibility index (Phi) is 2.45. The van der Waals surface area contributed by atoms with Gasteiger partial charge in [-0.1, -0.05) is 23.8 Å². The zero-order valence-corrected chi connectivity index (χ0v) is 14.2. The van der Waals surface area contributed by atoms with Crippen molar-refractivity contribution >= 4 is 22.9 Å². The van der Waals surface area contributed by atoms with E-state index in [1.807, 2.05) is 18.9 Å². The number of hydrogen-bond acceptors (Lipinski definition) is 2. The quantitative estimate of drug-likeness (QED) is 0.732. The second kappa shape index (κ2) is 4.36. The van der Waals surface area contributed by atoms with E-state index in [0.29, 0.717) is 23.0 Å². The van der Waals surface area contributed by atoms with Gasteiger partial charge in [0.2, 0.25) is 0 Å². The van der Waals surface area contributed by atoms with Gasteiger partial charge in [-0.15, -0.1) is 11.8 Å². The molecule has 4 unspecified atom stereocenters. The molecule has 0 aromatic heterocycles. The number of hydrogen-bond donors (Lipinski definition) is 0. The molecule has 0 saturated carbocycles. The zero-order valence-electron chi connectivity index (χ0n) is 13.3. The van der Waals surface area contributed by atoms with Crippen LogP contribution in [0.2, 0.25) is 0 Å². The number of ether oxygens (including phenoxy) is 1. The highest BCUT2D eigenvalue weighted by Gasteiger charge is 2.43. The lowest BCUT2D eigenvalue weighted by Crippen LogP contribution is -2.34. The summed E-state index contributed by atoms with van der Waals surface area (Å²) in [6.07, 6.45) is 12.3. The predicted molar refractivity (Wildman–Crippen MR) is 96.2 cm³/mol. The highest BCUT2D eigenvalue weighted by atomic mass is 32.2. The van der Waals surface area contributed by atoms with Gasteiger partial charge in [0, 0.05) is 22.6 Å². The molecule has 0 spiro atoms. The van der Waals surface area contributed by atoms with Crippen LogP contribution in [0.4, 0.5) is 0 Å². The van der Waals surface area contributed by atoms with Crippen molar-refractivity contribution in [1.82, 2.24) is 0 Å². The van der Waals surface area contributed by atoms with Gasteiger partial charge in [-0.25, -0.2) is 0 Å². The molecule has 4 aliphatic carbocycles. The Hall–Kier alpha value is -1.41. The van der Waals surface area contributed by atoms with E-state index in [4.69, 9.17) is 4.74 Å². The molecule has 1 nitrogen and oxygen atoms in total. The summed E-state index contributed by atoms with van der Waals surface area (Å²) in [6.45, 7) is 0. The van der Waals surface area contributed by atoms with E-state index in [2.05, 4.69) is 29.7 Å². The first-order valence-electron chi connectivity index (χ1n) is 8.84. The van der Waals surface area contributed by atoms with E-state index in [1.165, 1.54) is 25.7 Å². The van der Waals surface area contributed by atoms with Crippen LogP contribution in [0.3, 0.4) is 0 Å². The van der Waals surface area contributed by atoms with E-state index >= 15 is 0 Å². The Morgan fingerprint density at radius 3 is 2.91 bits per heavy atom. The van der Waals surface area contributed by atoms with Crippen molar-refractivity contribution in [3.05, 3.63) is 51.3 Å². The van der Waals surface area contributed by atoms with Crippen molar-refractivity contribution < 1.29 is 4.74 Å². The molecule has 23 heavy (non-hydrogen) atoms. The van der Waals surface area contributed by atoms with Crippen LogP contribution in [0, 0.1) is 5.92 Å². The monoisotopic (exact) mass is 320 g/mol. The van der Waals surface area contributed by atoms with Gasteiger partial charge in [-0.3, -0.25) is 0 Å². The summed E-state index contributed by atoms with van der Waals surface area (Å²) < 4.78 is 5.91. The van der Waals surface area contributed by atoms with Crippen LogP contribution in [0.1, 0.15) is 48.6 Å².